The fourth-order valence-corrected chi connectivity index (χ4v) is 1.67. The number of aromatic nitrogens is 2. The molecule has 0 spiro atoms. The van der Waals surface area contributed by atoms with E-state index in [1.165, 1.54) is 0 Å². The molecule has 0 aliphatic carbocycles. The van der Waals surface area contributed by atoms with Crippen LogP contribution in [0.1, 0.15) is 53.7 Å². The van der Waals surface area contributed by atoms with Gasteiger partial charge in [0.1, 0.15) is 17.7 Å². The van der Waals surface area contributed by atoms with Crippen molar-refractivity contribution in [1.29, 1.82) is 0 Å². The van der Waals surface area contributed by atoms with Gasteiger partial charge in [-0.2, -0.15) is 0 Å². The molecule has 22 heavy (non-hydrogen) atoms. The number of amides is 1. The van der Waals surface area contributed by atoms with Crippen molar-refractivity contribution >= 4 is 11.9 Å². The predicted octanol–water partition coefficient (Wildman–Crippen LogP) is 3.10. The van der Waals surface area contributed by atoms with Crippen molar-refractivity contribution < 1.29 is 9.53 Å². The Hall–Kier alpha value is -1.85. The summed E-state index contributed by atoms with van der Waals surface area (Å²) >= 11 is 0. The molecule has 0 aliphatic heterocycles. The van der Waals surface area contributed by atoms with Crippen molar-refractivity contribution in [2.45, 2.75) is 59.0 Å². The fourth-order valence-electron chi connectivity index (χ4n) is 1.67. The molecule has 0 saturated carbocycles. The van der Waals surface area contributed by atoms with E-state index in [4.69, 9.17) is 4.74 Å². The van der Waals surface area contributed by atoms with Crippen molar-refractivity contribution in [3.8, 4) is 0 Å². The van der Waals surface area contributed by atoms with Crippen LogP contribution in [0.3, 0.4) is 0 Å². The van der Waals surface area contributed by atoms with E-state index in [9.17, 15) is 4.79 Å². The van der Waals surface area contributed by atoms with Crippen molar-refractivity contribution in [3.05, 3.63) is 18.1 Å². The summed E-state index contributed by atoms with van der Waals surface area (Å²) < 4.78 is 5.16. The van der Waals surface area contributed by atoms with E-state index in [1.807, 2.05) is 26.8 Å². The number of nitrogens with one attached hydrogen (secondary N) is 2. The van der Waals surface area contributed by atoms with Gasteiger partial charge in [0.2, 0.25) is 0 Å². The van der Waals surface area contributed by atoms with Crippen LogP contribution in [0, 0.1) is 0 Å². The van der Waals surface area contributed by atoms with E-state index in [0.717, 1.165) is 17.9 Å². The highest BCUT2D eigenvalue weighted by Gasteiger charge is 2.20. The van der Waals surface area contributed by atoms with Crippen LogP contribution < -0.4 is 10.6 Å². The first-order chi connectivity index (χ1) is 10.1. The molecule has 124 valence electrons. The summed E-state index contributed by atoms with van der Waals surface area (Å²) in [5.41, 5.74) is 0.548. The highest BCUT2D eigenvalue weighted by molar-refractivity contribution is 5.67. The number of carbonyl (C=O) groups excluding carboxylic acids is 1. The molecule has 1 aromatic rings. The van der Waals surface area contributed by atoms with Crippen molar-refractivity contribution in [2.75, 3.05) is 18.4 Å². The Balaban J connectivity index is 2.43. The normalized spacial score (nSPS) is 11.9. The minimum absolute atomic E-state index is 0.0220. The fraction of sp³-hybridized carbons (Fsp3) is 0.688. The van der Waals surface area contributed by atoms with Crippen LogP contribution in [0.2, 0.25) is 0 Å². The molecular formula is C16H28N4O2. The number of ether oxygens (including phenoxy) is 1. The summed E-state index contributed by atoms with van der Waals surface area (Å²) in [5, 5.41) is 5.88. The summed E-state index contributed by atoms with van der Waals surface area (Å²) in [5.74, 6) is 0.762. The maximum absolute atomic E-state index is 11.5. The lowest BCUT2D eigenvalue weighted by atomic mass is 9.86. The third-order valence-corrected chi connectivity index (χ3v) is 3.34. The SMILES string of the molecule is CCC(C)(C)c1cc(NCCNC(=O)OC(C)(C)C)ncn1. The summed E-state index contributed by atoms with van der Waals surface area (Å²) in [7, 11) is 0. The quantitative estimate of drug-likeness (QED) is 0.790. The zero-order valence-corrected chi connectivity index (χ0v) is 14.5. The Bertz CT molecular complexity index is 495. The molecule has 0 atom stereocenters. The van der Waals surface area contributed by atoms with E-state index in [0.29, 0.717) is 13.1 Å². The average molecular weight is 308 g/mol. The number of hydrogen-bond donors (Lipinski definition) is 2. The molecule has 6 nitrogen and oxygen atoms in total. The van der Waals surface area contributed by atoms with Crippen LogP contribution in [0.5, 0.6) is 0 Å². The molecule has 0 saturated heterocycles. The van der Waals surface area contributed by atoms with Gasteiger partial charge in [0.15, 0.2) is 0 Å². The van der Waals surface area contributed by atoms with Crippen LogP contribution in [-0.2, 0) is 10.2 Å². The highest BCUT2D eigenvalue weighted by Crippen LogP contribution is 2.25. The monoisotopic (exact) mass is 308 g/mol. The molecule has 0 unspecified atom stereocenters. The van der Waals surface area contributed by atoms with Gasteiger partial charge >= 0.3 is 6.09 Å². The van der Waals surface area contributed by atoms with Crippen LogP contribution in [-0.4, -0.2) is 34.8 Å². The molecule has 1 amide bonds. The van der Waals surface area contributed by atoms with Crippen LogP contribution >= 0.6 is 0 Å². The Labute approximate surface area is 133 Å². The maximum Gasteiger partial charge on any atom is 0.407 e. The molecule has 0 aromatic carbocycles. The Kier molecular flexibility index (Phi) is 6.14. The van der Waals surface area contributed by atoms with Crippen LogP contribution in [0.15, 0.2) is 12.4 Å². The molecule has 0 fully saturated rings. The second-order valence-electron chi connectivity index (χ2n) is 6.88. The summed E-state index contributed by atoms with van der Waals surface area (Å²) in [6.07, 6.45) is 2.16. The molecule has 1 rings (SSSR count). The first-order valence-electron chi connectivity index (χ1n) is 7.67. The number of hydrogen-bond acceptors (Lipinski definition) is 5. The van der Waals surface area contributed by atoms with E-state index in [2.05, 4.69) is 41.4 Å². The lowest BCUT2D eigenvalue weighted by molar-refractivity contribution is 0.0530. The average Bonchev–Trinajstić information content (AvgIpc) is 2.42. The number of nitrogens with zero attached hydrogens (tertiary/aromatic N) is 2. The molecule has 2 N–H and O–H groups in total. The van der Waals surface area contributed by atoms with Gasteiger partial charge in [0.05, 0.1) is 5.69 Å². The summed E-state index contributed by atoms with van der Waals surface area (Å²) in [4.78, 5) is 20.0. The van der Waals surface area contributed by atoms with E-state index in [1.54, 1.807) is 6.33 Å². The molecule has 0 aliphatic rings. The predicted molar refractivity (Wildman–Crippen MR) is 88.1 cm³/mol. The highest BCUT2D eigenvalue weighted by atomic mass is 16.6. The molecular weight excluding hydrogens is 280 g/mol. The Morgan fingerprint density at radius 3 is 2.45 bits per heavy atom. The van der Waals surface area contributed by atoms with Gasteiger partial charge in [-0.1, -0.05) is 20.8 Å². The van der Waals surface area contributed by atoms with Gasteiger partial charge in [-0.05, 0) is 27.2 Å². The molecule has 1 heterocycles. The summed E-state index contributed by atoms with van der Waals surface area (Å²) in [6, 6.07) is 1.96. The van der Waals surface area contributed by atoms with Crippen LogP contribution in [0.4, 0.5) is 10.6 Å². The maximum atomic E-state index is 11.5. The van der Waals surface area contributed by atoms with Crippen molar-refractivity contribution in [3.63, 3.8) is 0 Å². The lowest BCUT2D eigenvalue weighted by Gasteiger charge is -2.22. The number of anilines is 1. The van der Waals surface area contributed by atoms with Gasteiger partial charge < -0.3 is 15.4 Å². The van der Waals surface area contributed by atoms with E-state index < -0.39 is 11.7 Å². The van der Waals surface area contributed by atoms with E-state index in [-0.39, 0.29) is 5.41 Å². The molecule has 1 aromatic heterocycles. The van der Waals surface area contributed by atoms with Gasteiger partial charge in [0, 0.05) is 24.6 Å². The topological polar surface area (TPSA) is 76.1 Å². The van der Waals surface area contributed by atoms with Gasteiger partial charge in [0.25, 0.3) is 0 Å². The second-order valence-corrected chi connectivity index (χ2v) is 6.88. The molecule has 0 radical (unpaired) electrons. The second kappa shape index (κ2) is 7.42. The standard InChI is InChI=1S/C16H28N4O2/c1-7-16(5,6)12-10-13(20-11-19-12)17-8-9-18-14(21)22-15(2,3)4/h10-11H,7-9H2,1-6H3,(H,18,21)(H,17,19,20). The van der Waals surface area contributed by atoms with Crippen LogP contribution in [0.25, 0.3) is 0 Å². The number of alkyl carbamates (subject to hydrolysis) is 1. The molecule has 0 bridgehead atoms. The third kappa shape index (κ3) is 6.28. The largest absolute Gasteiger partial charge is 0.444 e. The minimum Gasteiger partial charge on any atom is -0.444 e. The lowest BCUT2D eigenvalue weighted by Crippen LogP contribution is -2.35. The Morgan fingerprint density at radius 1 is 1.18 bits per heavy atom. The smallest absolute Gasteiger partial charge is 0.407 e. The third-order valence-electron chi connectivity index (χ3n) is 3.34. The first kappa shape index (κ1) is 18.2. The summed E-state index contributed by atoms with van der Waals surface area (Å²) in [6.45, 7) is 13.0. The minimum atomic E-state index is -0.481. The zero-order valence-electron chi connectivity index (χ0n) is 14.5. The van der Waals surface area contributed by atoms with Gasteiger partial charge in [-0.15, -0.1) is 0 Å². The van der Waals surface area contributed by atoms with Gasteiger partial charge in [-0.25, -0.2) is 14.8 Å². The Morgan fingerprint density at radius 2 is 1.86 bits per heavy atom. The first-order valence-corrected chi connectivity index (χ1v) is 7.67. The van der Waals surface area contributed by atoms with Gasteiger partial charge in [-0.3, -0.25) is 0 Å². The zero-order chi connectivity index (χ0) is 16.8. The molecule has 6 heteroatoms. The number of carbonyl (C=O) groups is 1. The van der Waals surface area contributed by atoms with Crippen molar-refractivity contribution in [1.82, 2.24) is 15.3 Å². The van der Waals surface area contributed by atoms with E-state index >= 15 is 0 Å². The van der Waals surface area contributed by atoms with Crippen molar-refractivity contribution in [2.24, 2.45) is 0 Å². The number of rotatable bonds is 6.